The average Bonchev–Trinajstić information content (AvgIpc) is 2.08. The highest BCUT2D eigenvalue weighted by atomic mass is 79.9. The molecule has 0 bridgehead atoms. The third-order valence-electron chi connectivity index (χ3n) is 1.95. The van der Waals surface area contributed by atoms with Crippen molar-refractivity contribution in [2.24, 2.45) is 11.7 Å². The Hall–Kier alpha value is 0.0700. The molecule has 0 aromatic carbocycles. The summed E-state index contributed by atoms with van der Waals surface area (Å²) in [6, 6.07) is 1.99. The zero-order chi connectivity index (χ0) is 10.0. The van der Waals surface area contributed by atoms with Gasteiger partial charge in [-0.1, -0.05) is 13.8 Å². The molecule has 2 nitrogen and oxygen atoms in total. The minimum atomic E-state index is 0.0497. The van der Waals surface area contributed by atoms with Crippen LogP contribution in [0.3, 0.4) is 0 Å². The summed E-state index contributed by atoms with van der Waals surface area (Å²) in [5.41, 5.74) is 7.12. The van der Waals surface area contributed by atoms with E-state index in [1.165, 1.54) is 0 Å². The predicted octanol–water partition coefficient (Wildman–Crippen LogP) is 3.26. The smallest absolute Gasteiger partial charge is 0.120 e. The molecule has 1 rings (SSSR count). The summed E-state index contributed by atoms with van der Waals surface area (Å²) < 4.78 is 1.76. The summed E-state index contributed by atoms with van der Waals surface area (Å²) in [7, 11) is 0. The van der Waals surface area contributed by atoms with Gasteiger partial charge in [0.1, 0.15) is 4.60 Å². The maximum atomic E-state index is 6.03. The average molecular weight is 308 g/mol. The number of pyridine rings is 1. The van der Waals surface area contributed by atoms with Crippen LogP contribution in [0.15, 0.2) is 21.3 Å². The third kappa shape index (κ3) is 2.51. The summed E-state index contributed by atoms with van der Waals surface area (Å²) >= 11 is 6.81. The number of aromatic nitrogens is 1. The molecule has 2 N–H and O–H groups in total. The molecule has 0 fully saturated rings. The van der Waals surface area contributed by atoms with E-state index >= 15 is 0 Å². The van der Waals surface area contributed by atoms with Crippen LogP contribution in [0.2, 0.25) is 0 Å². The van der Waals surface area contributed by atoms with Crippen LogP contribution in [0.1, 0.15) is 25.5 Å². The second kappa shape index (κ2) is 4.53. The second-order valence-electron chi connectivity index (χ2n) is 3.27. The Bertz CT molecular complexity index is 300. The fourth-order valence-electron chi connectivity index (χ4n) is 1.05. The molecular weight excluding hydrogens is 296 g/mol. The lowest BCUT2D eigenvalue weighted by atomic mass is 9.98. The Labute approximate surface area is 95.2 Å². The van der Waals surface area contributed by atoms with Gasteiger partial charge >= 0.3 is 0 Å². The van der Waals surface area contributed by atoms with E-state index < -0.39 is 0 Å². The molecule has 1 aromatic rings. The van der Waals surface area contributed by atoms with Crippen molar-refractivity contribution in [1.82, 2.24) is 4.98 Å². The lowest BCUT2D eigenvalue weighted by Gasteiger charge is -2.17. The predicted molar refractivity (Wildman–Crippen MR) is 61.4 cm³/mol. The van der Waals surface area contributed by atoms with Crippen molar-refractivity contribution in [2.45, 2.75) is 19.9 Å². The summed E-state index contributed by atoms with van der Waals surface area (Å²) in [4.78, 5) is 4.10. The molecular formula is C9H12Br2N2. The van der Waals surface area contributed by atoms with Gasteiger partial charge in [-0.25, -0.2) is 4.98 Å². The van der Waals surface area contributed by atoms with Crippen LogP contribution in [-0.4, -0.2) is 4.98 Å². The molecule has 1 heterocycles. The van der Waals surface area contributed by atoms with Crippen LogP contribution in [-0.2, 0) is 0 Å². The van der Waals surface area contributed by atoms with Gasteiger partial charge in [-0.3, -0.25) is 0 Å². The summed E-state index contributed by atoms with van der Waals surface area (Å²) in [5, 5.41) is 0. The minimum Gasteiger partial charge on any atom is -0.324 e. The van der Waals surface area contributed by atoms with Crippen LogP contribution >= 0.6 is 31.9 Å². The summed E-state index contributed by atoms with van der Waals surface area (Å²) in [6.45, 7) is 4.21. The number of rotatable bonds is 2. The van der Waals surface area contributed by atoms with Crippen LogP contribution in [0.4, 0.5) is 0 Å². The maximum absolute atomic E-state index is 6.03. The number of hydrogen-bond acceptors (Lipinski definition) is 2. The first-order chi connectivity index (χ1) is 6.04. The van der Waals surface area contributed by atoms with E-state index in [1.54, 1.807) is 6.20 Å². The Balaban J connectivity index is 3.07. The van der Waals surface area contributed by atoms with E-state index in [0.717, 1.165) is 14.6 Å². The van der Waals surface area contributed by atoms with Gasteiger partial charge in [0.2, 0.25) is 0 Å². The first kappa shape index (κ1) is 11.1. The second-order valence-corrected chi connectivity index (χ2v) is 4.82. The van der Waals surface area contributed by atoms with Gasteiger partial charge < -0.3 is 5.73 Å². The van der Waals surface area contributed by atoms with Crippen molar-refractivity contribution >= 4 is 31.9 Å². The van der Waals surface area contributed by atoms with E-state index in [1.807, 2.05) is 6.07 Å². The molecule has 0 radical (unpaired) electrons. The van der Waals surface area contributed by atoms with Gasteiger partial charge in [0, 0.05) is 12.2 Å². The topological polar surface area (TPSA) is 38.9 Å². The minimum absolute atomic E-state index is 0.0497. The normalized spacial score (nSPS) is 13.4. The van der Waals surface area contributed by atoms with E-state index in [0.29, 0.717) is 5.92 Å². The van der Waals surface area contributed by atoms with E-state index in [2.05, 4.69) is 50.7 Å². The van der Waals surface area contributed by atoms with Crippen molar-refractivity contribution in [2.75, 3.05) is 0 Å². The van der Waals surface area contributed by atoms with E-state index in [-0.39, 0.29) is 6.04 Å². The number of nitrogens with zero attached hydrogens (tertiary/aromatic N) is 1. The monoisotopic (exact) mass is 306 g/mol. The van der Waals surface area contributed by atoms with Crippen LogP contribution in [0.5, 0.6) is 0 Å². The molecule has 0 aliphatic rings. The highest BCUT2D eigenvalue weighted by molar-refractivity contribution is 9.13. The molecule has 0 saturated heterocycles. The fourth-order valence-corrected chi connectivity index (χ4v) is 1.89. The molecule has 13 heavy (non-hydrogen) atoms. The zero-order valence-corrected chi connectivity index (χ0v) is 10.8. The van der Waals surface area contributed by atoms with Crippen LogP contribution in [0, 0.1) is 5.92 Å². The van der Waals surface area contributed by atoms with Crippen molar-refractivity contribution in [1.29, 1.82) is 0 Å². The lowest BCUT2D eigenvalue weighted by Crippen LogP contribution is -2.17. The zero-order valence-electron chi connectivity index (χ0n) is 7.59. The molecule has 0 saturated carbocycles. The summed E-state index contributed by atoms with van der Waals surface area (Å²) in [5.74, 6) is 0.422. The van der Waals surface area contributed by atoms with Crippen molar-refractivity contribution < 1.29 is 0 Å². The van der Waals surface area contributed by atoms with Gasteiger partial charge in [-0.05, 0) is 49.4 Å². The largest absolute Gasteiger partial charge is 0.324 e. The molecule has 0 aliphatic carbocycles. The third-order valence-corrected chi connectivity index (χ3v) is 3.92. The van der Waals surface area contributed by atoms with E-state index in [4.69, 9.17) is 5.73 Å². The molecule has 0 amide bonds. The van der Waals surface area contributed by atoms with Crippen molar-refractivity contribution in [3.63, 3.8) is 0 Å². The molecule has 0 unspecified atom stereocenters. The quantitative estimate of drug-likeness (QED) is 0.852. The Morgan fingerprint density at radius 3 is 2.54 bits per heavy atom. The van der Waals surface area contributed by atoms with Crippen LogP contribution in [0.25, 0.3) is 0 Å². The van der Waals surface area contributed by atoms with E-state index in [9.17, 15) is 0 Å². The summed E-state index contributed by atoms with van der Waals surface area (Å²) in [6.07, 6.45) is 1.76. The fraction of sp³-hybridized carbons (Fsp3) is 0.444. The number of halogens is 2. The number of hydrogen-bond donors (Lipinski definition) is 1. The molecule has 1 atom stereocenters. The Morgan fingerprint density at radius 2 is 2.00 bits per heavy atom. The molecule has 1 aromatic heterocycles. The Morgan fingerprint density at radius 1 is 1.38 bits per heavy atom. The number of nitrogens with two attached hydrogens (primary N) is 1. The maximum Gasteiger partial charge on any atom is 0.120 e. The van der Waals surface area contributed by atoms with Gasteiger partial charge in [-0.2, -0.15) is 0 Å². The van der Waals surface area contributed by atoms with Gasteiger partial charge in [0.25, 0.3) is 0 Å². The standard InChI is InChI=1S/C9H12Br2N2/c1-5(2)8(12)6-3-4-13-9(11)7(6)10/h3-5,8H,12H2,1-2H3/t8-/m0/s1. The Kier molecular flexibility index (Phi) is 3.88. The molecule has 0 spiro atoms. The first-order valence-corrected chi connectivity index (χ1v) is 5.68. The first-order valence-electron chi connectivity index (χ1n) is 4.09. The molecule has 4 heteroatoms. The lowest BCUT2D eigenvalue weighted by molar-refractivity contribution is 0.512. The van der Waals surface area contributed by atoms with Gasteiger partial charge in [-0.15, -0.1) is 0 Å². The van der Waals surface area contributed by atoms with Gasteiger partial charge in [0.15, 0.2) is 0 Å². The highest BCUT2D eigenvalue weighted by Crippen LogP contribution is 2.30. The van der Waals surface area contributed by atoms with Crippen molar-refractivity contribution in [3.05, 3.63) is 26.9 Å². The molecule has 0 aliphatic heterocycles. The van der Waals surface area contributed by atoms with Crippen molar-refractivity contribution in [3.8, 4) is 0 Å². The highest BCUT2D eigenvalue weighted by Gasteiger charge is 2.15. The molecule has 72 valence electrons. The van der Waals surface area contributed by atoms with Crippen LogP contribution < -0.4 is 5.73 Å². The SMILES string of the molecule is CC(C)[C@H](N)c1ccnc(Br)c1Br. The van der Waals surface area contributed by atoms with Gasteiger partial charge in [0.05, 0.1) is 4.47 Å².